The second-order valence-corrected chi connectivity index (χ2v) is 5.66. The van der Waals surface area contributed by atoms with E-state index in [1.165, 1.54) is 12.5 Å². The molecule has 0 bridgehead atoms. The van der Waals surface area contributed by atoms with E-state index in [0.29, 0.717) is 0 Å². The molecule has 0 spiro atoms. The predicted octanol–water partition coefficient (Wildman–Crippen LogP) is 1.49. The van der Waals surface area contributed by atoms with E-state index in [-0.39, 0.29) is 6.04 Å². The van der Waals surface area contributed by atoms with Crippen molar-refractivity contribution in [3.05, 3.63) is 40.8 Å². The second kappa shape index (κ2) is 7.79. The summed E-state index contributed by atoms with van der Waals surface area (Å²) >= 11 is 0. The average molecular weight is 303 g/mol. The lowest BCUT2D eigenvalue weighted by Crippen LogP contribution is -2.48. The maximum Gasteiger partial charge on any atom is 0.256 e. The molecule has 0 aromatic heterocycles. The number of nitroso groups, excluding NO2 is 1. The van der Waals surface area contributed by atoms with E-state index in [4.69, 9.17) is 0 Å². The van der Waals surface area contributed by atoms with E-state index >= 15 is 0 Å². The lowest BCUT2D eigenvalue weighted by molar-refractivity contribution is -0.129. The molecule has 118 valence electrons. The molecule has 6 heteroatoms. The standard InChI is InChI=1S/C16H21N3O3/c1-12(20)15(18-22)16(21)17-14-7-9-19(10-8-14)11-13-5-3-2-4-6-13/h2-6,14-15H,7-11H2,1H3,(H,17,21). The first-order valence-corrected chi connectivity index (χ1v) is 7.49. The van der Waals surface area contributed by atoms with Gasteiger partial charge in [-0.1, -0.05) is 30.3 Å². The zero-order valence-corrected chi connectivity index (χ0v) is 12.7. The Morgan fingerprint density at radius 1 is 1.27 bits per heavy atom. The Morgan fingerprint density at radius 2 is 1.91 bits per heavy atom. The molecular weight excluding hydrogens is 282 g/mol. The Labute approximate surface area is 129 Å². The first kappa shape index (κ1) is 16.3. The number of carbonyl (C=O) groups excluding carboxylic acids is 2. The summed E-state index contributed by atoms with van der Waals surface area (Å²) in [5.41, 5.74) is 1.27. The van der Waals surface area contributed by atoms with Crippen molar-refractivity contribution in [3.63, 3.8) is 0 Å². The van der Waals surface area contributed by atoms with Gasteiger partial charge >= 0.3 is 0 Å². The van der Waals surface area contributed by atoms with Gasteiger partial charge in [0, 0.05) is 25.7 Å². The number of carbonyl (C=O) groups is 2. The van der Waals surface area contributed by atoms with Gasteiger partial charge in [0.2, 0.25) is 6.04 Å². The van der Waals surface area contributed by atoms with Crippen molar-refractivity contribution in [1.82, 2.24) is 10.2 Å². The Morgan fingerprint density at radius 3 is 2.45 bits per heavy atom. The van der Waals surface area contributed by atoms with Crippen molar-refractivity contribution < 1.29 is 9.59 Å². The molecule has 0 aliphatic carbocycles. The SMILES string of the molecule is CC(=O)C(N=O)C(=O)NC1CCN(Cc2ccccc2)CC1. The third-order valence-electron chi connectivity index (χ3n) is 3.92. The highest BCUT2D eigenvalue weighted by molar-refractivity contribution is 6.04. The molecule has 1 saturated heterocycles. The number of Topliss-reactive ketones (excluding diaryl/α,β-unsaturated/α-hetero) is 1. The molecule has 22 heavy (non-hydrogen) atoms. The molecule has 2 rings (SSSR count). The summed E-state index contributed by atoms with van der Waals surface area (Å²) in [6, 6.07) is 8.83. The monoisotopic (exact) mass is 303 g/mol. The molecule has 1 atom stereocenters. The van der Waals surface area contributed by atoms with E-state index in [0.717, 1.165) is 32.5 Å². The molecule has 1 aromatic rings. The molecule has 0 radical (unpaired) electrons. The minimum absolute atomic E-state index is 0.00289. The van der Waals surface area contributed by atoms with E-state index in [1.807, 2.05) is 18.2 Å². The van der Waals surface area contributed by atoms with Crippen LogP contribution in [0.3, 0.4) is 0 Å². The number of nitrogens with one attached hydrogen (secondary N) is 1. The van der Waals surface area contributed by atoms with Gasteiger partial charge < -0.3 is 5.32 Å². The Kier molecular flexibility index (Phi) is 5.77. The van der Waals surface area contributed by atoms with E-state index < -0.39 is 17.7 Å². The Balaban J connectivity index is 1.78. The van der Waals surface area contributed by atoms with Crippen LogP contribution in [-0.4, -0.2) is 41.8 Å². The summed E-state index contributed by atoms with van der Waals surface area (Å²) in [4.78, 5) is 35.8. The maximum atomic E-state index is 11.8. The molecule has 6 nitrogen and oxygen atoms in total. The van der Waals surface area contributed by atoms with Crippen LogP contribution < -0.4 is 5.32 Å². The highest BCUT2D eigenvalue weighted by Crippen LogP contribution is 2.14. The second-order valence-electron chi connectivity index (χ2n) is 5.66. The lowest BCUT2D eigenvalue weighted by atomic mass is 10.0. The average Bonchev–Trinajstić information content (AvgIpc) is 2.50. The molecule has 1 heterocycles. The highest BCUT2D eigenvalue weighted by atomic mass is 16.3. The minimum atomic E-state index is -1.41. The number of ketones is 1. The topological polar surface area (TPSA) is 78.8 Å². The number of hydrogen-bond acceptors (Lipinski definition) is 5. The van der Waals surface area contributed by atoms with Crippen molar-refractivity contribution >= 4 is 11.7 Å². The third kappa shape index (κ3) is 4.46. The molecule has 1 aliphatic rings. The van der Waals surface area contributed by atoms with Gasteiger partial charge in [-0.3, -0.25) is 14.5 Å². The summed E-state index contributed by atoms with van der Waals surface area (Å²) in [6.45, 7) is 3.85. The number of likely N-dealkylation sites (tertiary alicyclic amines) is 1. The Bertz CT molecular complexity index is 525. The predicted molar refractivity (Wildman–Crippen MR) is 83.1 cm³/mol. The fourth-order valence-electron chi connectivity index (χ4n) is 2.66. The molecule has 0 saturated carbocycles. The van der Waals surface area contributed by atoms with Crippen LogP contribution >= 0.6 is 0 Å². The van der Waals surface area contributed by atoms with Crippen LogP contribution in [0.2, 0.25) is 0 Å². The van der Waals surface area contributed by atoms with E-state index in [2.05, 4.69) is 27.5 Å². The third-order valence-corrected chi connectivity index (χ3v) is 3.92. The van der Waals surface area contributed by atoms with Crippen molar-refractivity contribution in [1.29, 1.82) is 0 Å². The number of piperidine rings is 1. The van der Waals surface area contributed by atoms with Crippen LogP contribution in [0.25, 0.3) is 0 Å². The molecule has 1 fully saturated rings. The summed E-state index contributed by atoms with van der Waals surface area (Å²) in [5, 5.41) is 5.36. The van der Waals surface area contributed by atoms with Gasteiger partial charge in [0.05, 0.1) is 0 Å². The Hall–Kier alpha value is -2.08. The van der Waals surface area contributed by atoms with Crippen molar-refractivity contribution in [3.8, 4) is 0 Å². The van der Waals surface area contributed by atoms with Crippen LogP contribution in [0.1, 0.15) is 25.3 Å². The van der Waals surface area contributed by atoms with Gasteiger partial charge in [0.1, 0.15) is 0 Å². The number of rotatable bonds is 6. The highest BCUT2D eigenvalue weighted by Gasteiger charge is 2.28. The van der Waals surface area contributed by atoms with Gasteiger partial charge in [0.15, 0.2) is 5.78 Å². The van der Waals surface area contributed by atoms with Gasteiger partial charge in [0.25, 0.3) is 5.91 Å². The van der Waals surface area contributed by atoms with Crippen molar-refractivity contribution in [2.45, 2.75) is 38.4 Å². The normalized spacial score (nSPS) is 17.7. The molecule has 1 aromatic carbocycles. The molecule has 1 unspecified atom stereocenters. The summed E-state index contributed by atoms with van der Waals surface area (Å²) < 4.78 is 0. The van der Waals surface area contributed by atoms with Crippen LogP contribution in [0.15, 0.2) is 35.5 Å². The van der Waals surface area contributed by atoms with E-state index in [1.54, 1.807) is 0 Å². The summed E-state index contributed by atoms with van der Waals surface area (Å²) in [5.74, 6) is -1.10. The number of benzene rings is 1. The molecule has 1 aliphatic heterocycles. The first-order chi connectivity index (χ1) is 10.6. The fourth-order valence-corrected chi connectivity index (χ4v) is 2.66. The molecular formula is C16H21N3O3. The van der Waals surface area contributed by atoms with Crippen molar-refractivity contribution in [2.75, 3.05) is 13.1 Å². The van der Waals surface area contributed by atoms with Crippen LogP contribution in [0, 0.1) is 4.91 Å². The zero-order chi connectivity index (χ0) is 15.9. The minimum Gasteiger partial charge on any atom is -0.351 e. The van der Waals surface area contributed by atoms with Gasteiger partial charge in [-0.05, 0) is 30.5 Å². The number of nitrogens with zero attached hydrogens (tertiary/aromatic N) is 2. The van der Waals surface area contributed by atoms with E-state index in [9.17, 15) is 14.5 Å². The van der Waals surface area contributed by atoms with Crippen LogP contribution in [0.4, 0.5) is 0 Å². The van der Waals surface area contributed by atoms with Gasteiger partial charge in [-0.2, -0.15) is 0 Å². The summed E-state index contributed by atoms with van der Waals surface area (Å²) in [7, 11) is 0. The zero-order valence-electron chi connectivity index (χ0n) is 12.7. The fraction of sp³-hybridized carbons (Fsp3) is 0.500. The maximum absolute atomic E-state index is 11.8. The number of amides is 1. The number of hydrogen-bond donors (Lipinski definition) is 1. The smallest absolute Gasteiger partial charge is 0.256 e. The van der Waals surface area contributed by atoms with Crippen LogP contribution in [0.5, 0.6) is 0 Å². The quantitative estimate of drug-likeness (QED) is 0.638. The molecule has 1 amide bonds. The largest absolute Gasteiger partial charge is 0.351 e. The lowest BCUT2D eigenvalue weighted by Gasteiger charge is -2.32. The summed E-state index contributed by atoms with van der Waals surface area (Å²) in [6.07, 6.45) is 1.62. The molecule has 1 N–H and O–H groups in total. The van der Waals surface area contributed by atoms with Gasteiger partial charge in [-0.15, -0.1) is 4.91 Å². The first-order valence-electron chi connectivity index (χ1n) is 7.49. The van der Waals surface area contributed by atoms with Crippen LogP contribution in [-0.2, 0) is 16.1 Å². The van der Waals surface area contributed by atoms with Crippen molar-refractivity contribution in [2.24, 2.45) is 5.18 Å². The van der Waals surface area contributed by atoms with Gasteiger partial charge in [-0.25, -0.2) is 0 Å².